The zero-order valence-corrected chi connectivity index (χ0v) is 16.6. The summed E-state index contributed by atoms with van der Waals surface area (Å²) >= 11 is 0. The summed E-state index contributed by atoms with van der Waals surface area (Å²) in [5, 5.41) is 2.63. The lowest BCUT2D eigenvalue weighted by molar-refractivity contribution is -0.146. The average molecular weight is 396 g/mol. The number of carbonyl (C=O) groups excluding carboxylic acids is 3. The molecular formula is C18H24N2O6S. The molecule has 9 heteroatoms. The van der Waals surface area contributed by atoms with Crippen LogP contribution in [0.5, 0.6) is 0 Å². The summed E-state index contributed by atoms with van der Waals surface area (Å²) in [6, 6.07) is 5.76. The van der Waals surface area contributed by atoms with Crippen molar-refractivity contribution in [2.75, 3.05) is 31.0 Å². The molecule has 1 N–H and O–H groups in total. The first kappa shape index (κ1) is 20.9. The summed E-state index contributed by atoms with van der Waals surface area (Å²) < 4.78 is 27.9. The molecule has 1 saturated heterocycles. The van der Waals surface area contributed by atoms with Crippen molar-refractivity contribution in [2.45, 2.75) is 26.3 Å². The molecule has 0 spiro atoms. The highest BCUT2D eigenvalue weighted by atomic mass is 32.2. The maximum Gasteiger partial charge on any atom is 0.337 e. The van der Waals surface area contributed by atoms with Crippen molar-refractivity contribution < 1.29 is 27.5 Å². The molecule has 1 aromatic rings. The maximum atomic E-state index is 12.8. The first-order valence-corrected chi connectivity index (χ1v) is 10.3. The van der Waals surface area contributed by atoms with E-state index in [9.17, 15) is 22.8 Å². The van der Waals surface area contributed by atoms with Gasteiger partial charge in [0.05, 0.1) is 24.2 Å². The van der Waals surface area contributed by atoms with E-state index < -0.39 is 39.1 Å². The number of hydrogen-bond acceptors (Lipinski definition) is 6. The fourth-order valence-corrected chi connectivity index (χ4v) is 4.69. The number of anilines is 1. The molecule has 1 fully saturated rings. The smallest absolute Gasteiger partial charge is 0.337 e. The van der Waals surface area contributed by atoms with Crippen molar-refractivity contribution in [3.05, 3.63) is 29.8 Å². The first-order chi connectivity index (χ1) is 12.5. The van der Waals surface area contributed by atoms with Gasteiger partial charge in [0.15, 0.2) is 9.84 Å². The van der Waals surface area contributed by atoms with E-state index in [1.54, 1.807) is 18.2 Å². The molecule has 1 aliphatic rings. The molecule has 0 radical (unpaired) electrons. The van der Waals surface area contributed by atoms with Crippen LogP contribution in [0.1, 0.15) is 30.6 Å². The normalized spacial score (nSPS) is 18.6. The number of amides is 2. The summed E-state index contributed by atoms with van der Waals surface area (Å²) in [4.78, 5) is 38.4. The second-order valence-electron chi connectivity index (χ2n) is 7.12. The Hall–Kier alpha value is -2.42. The molecule has 0 aromatic heterocycles. The van der Waals surface area contributed by atoms with Gasteiger partial charge < -0.3 is 15.0 Å². The lowest BCUT2D eigenvalue weighted by atomic mass is 9.89. The van der Waals surface area contributed by atoms with E-state index in [0.717, 1.165) is 0 Å². The van der Waals surface area contributed by atoms with Crippen LogP contribution in [0.3, 0.4) is 0 Å². The Labute approximate surface area is 158 Å². The Bertz CT molecular complexity index is 862. The lowest BCUT2D eigenvalue weighted by Crippen LogP contribution is -2.49. The molecule has 8 nitrogen and oxygen atoms in total. The average Bonchev–Trinajstić information content (AvgIpc) is 2.99. The molecule has 0 aliphatic carbocycles. The largest absolute Gasteiger partial charge is 0.465 e. The van der Waals surface area contributed by atoms with Gasteiger partial charge in [-0.15, -0.1) is 0 Å². The topological polar surface area (TPSA) is 110 Å². The van der Waals surface area contributed by atoms with Crippen LogP contribution in [-0.2, 0) is 24.2 Å². The highest BCUT2D eigenvalue weighted by Crippen LogP contribution is 2.26. The number of sulfone groups is 1. The minimum absolute atomic E-state index is 0.0439. The number of nitrogens with zero attached hydrogens (tertiary/aromatic N) is 1. The van der Waals surface area contributed by atoms with Crippen LogP contribution in [0.25, 0.3) is 0 Å². The Morgan fingerprint density at radius 3 is 2.48 bits per heavy atom. The van der Waals surface area contributed by atoms with E-state index in [1.807, 2.05) is 0 Å². The van der Waals surface area contributed by atoms with Crippen LogP contribution in [0.15, 0.2) is 24.3 Å². The molecule has 2 rings (SSSR count). The molecule has 1 heterocycles. The van der Waals surface area contributed by atoms with Crippen LogP contribution in [0, 0.1) is 5.41 Å². The highest BCUT2D eigenvalue weighted by molar-refractivity contribution is 7.91. The quantitative estimate of drug-likeness (QED) is 0.589. The molecule has 1 aliphatic heterocycles. The maximum absolute atomic E-state index is 12.8. The Balaban J connectivity index is 2.12. The summed E-state index contributed by atoms with van der Waals surface area (Å²) in [6.45, 7) is 2.96. The fraction of sp³-hybridized carbons (Fsp3) is 0.500. The molecule has 1 unspecified atom stereocenters. The number of benzene rings is 1. The molecule has 148 valence electrons. The van der Waals surface area contributed by atoms with E-state index in [-0.39, 0.29) is 17.1 Å². The number of nitrogens with one attached hydrogen (secondary N) is 1. The van der Waals surface area contributed by atoms with Gasteiger partial charge in [-0.3, -0.25) is 9.59 Å². The van der Waals surface area contributed by atoms with Crippen molar-refractivity contribution in [2.24, 2.45) is 5.41 Å². The van der Waals surface area contributed by atoms with Gasteiger partial charge in [0, 0.05) is 18.8 Å². The number of esters is 1. The third-order valence-electron chi connectivity index (χ3n) is 4.72. The number of hydrogen-bond donors (Lipinski definition) is 1. The van der Waals surface area contributed by atoms with Gasteiger partial charge in [-0.05, 0) is 38.5 Å². The molecule has 1 atom stereocenters. The SMILES string of the molecule is COC(=O)c1cccc(NC(=O)C(C)(C)C(=O)N(C)C2CCS(=O)(=O)C2)c1. The third-order valence-corrected chi connectivity index (χ3v) is 6.47. The van der Waals surface area contributed by atoms with Gasteiger partial charge >= 0.3 is 5.97 Å². The number of carbonyl (C=O) groups is 3. The van der Waals surface area contributed by atoms with Crippen molar-refractivity contribution >= 4 is 33.3 Å². The van der Waals surface area contributed by atoms with Crippen LogP contribution in [0.2, 0.25) is 0 Å². The predicted molar refractivity (Wildman–Crippen MR) is 100 cm³/mol. The molecule has 27 heavy (non-hydrogen) atoms. The van der Waals surface area contributed by atoms with Crippen LogP contribution in [-0.4, -0.2) is 62.8 Å². The lowest BCUT2D eigenvalue weighted by Gasteiger charge is -2.31. The van der Waals surface area contributed by atoms with E-state index in [0.29, 0.717) is 12.1 Å². The Morgan fingerprint density at radius 2 is 1.93 bits per heavy atom. The van der Waals surface area contributed by atoms with Gasteiger partial charge in [0.2, 0.25) is 11.8 Å². The zero-order chi connectivity index (χ0) is 20.4. The number of rotatable bonds is 5. The third kappa shape index (κ3) is 4.65. The minimum Gasteiger partial charge on any atom is -0.465 e. The standard InChI is InChI=1S/C18H24N2O6S/c1-18(2,17(23)20(3)14-8-9-27(24,25)11-14)16(22)19-13-7-5-6-12(10-13)15(21)26-4/h5-7,10,14H,8-9,11H2,1-4H3,(H,19,22). The van der Waals surface area contributed by atoms with E-state index in [2.05, 4.69) is 10.1 Å². The van der Waals surface area contributed by atoms with Gasteiger partial charge in [-0.25, -0.2) is 13.2 Å². The van der Waals surface area contributed by atoms with Crippen LogP contribution in [0.4, 0.5) is 5.69 Å². The summed E-state index contributed by atoms with van der Waals surface area (Å²) in [5.41, 5.74) is -0.787. The van der Waals surface area contributed by atoms with Crippen molar-refractivity contribution in [3.63, 3.8) is 0 Å². The predicted octanol–water partition coefficient (Wildman–Crippen LogP) is 1.08. The van der Waals surface area contributed by atoms with Crippen molar-refractivity contribution in [3.8, 4) is 0 Å². The van der Waals surface area contributed by atoms with Crippen molar-refractivity contribution in [1.82, 2.24) is 4.90 Å². The first-order valence-electron chi connectivity index (χ1n) is 8.45. The van der Waals surface area contributed by atoms with E-state index >= 15 is 0 Å². The molecule has 0 saturated carbocycles. The molecular weight excluding hydrogens is 372 g/mol. The second-order valence-corrected chi connectivity index (χ2v) is 9.35. The van der Waals surface area contributed by atoms with E-state index in [4.69, 9.17) is 0 Å². The summed E-state index contributed by atoms with van der Waals surface area (Å²) in [7, 11) is -0.369. The Kier molecular flexibility index (Phi) is 5.94. The summed E-state index contributed by atoms with van der Waals surface area (Å²) in [5.74, 6) is -1.60. The minimum atomic E-state index is -3.14. The number of ether oxygens (including phenoxy) is 1. The highest BCUT2D eigenvalue weighted by Gasteiger charge is 2.42. The van der Waals surface area contributed by atoms with Gasteiger partial charge in [0.25, 0.3) is 0 Å². The Morgan fingerprint density at radius 1 is 1.26 bits per heavy atom. The fourth-order valence-electron chi connectivity index (χ4n) is 2.91. The second kappa shape index (κ2) is 7.67. The molecule has 0 bridgehead atoms. The molecule has 1 aromatic carbocycles. The van der Waals surface area contributed by atoms with Crippen molar-refractivity contribution in [1.29, 1.82) is 0 Å². The van der Waals surface area contributed by atoms with Crippen LogP contribution < -0.4 is 5.32 Å². The monoisotopic (exact) mass is 396 g/mol. The molecule has 2 amide bonds. The van der Waals surface area contributed by atoms with Gasteiger partial charge in [-0.1, -0.05) is 6.07 Å². The summed E-state index contributed by atoms with van der Waals surface area (Å²) in [6.07, 6.45) is 0.365. The number of methoxy groups -OCH3 is 1. The van der Waals surface area contributed by atoms with Gasteiger partial charge in [0.1, 0.15) is 5.41 Å². The van der Waals surface area contributed by atoms with E-state index in [1.165, 1.54) is 39.0 Å². The van der Waals surface area contributed by atoms with Gasteiger partial charge in [-0.2, -0.15) is 0 Å². The van der Waals surface area contributed by atoms with Crippen LogP contribution >= 0.6 is 0 Å². The zero-order valence-electron chi connectivity index (χ0n) is 15.8.